The summed E-state index contributed by atoms with van der Waals surface area (Å²) in [6.45, 7) is 2.10. The largest absolute Gasteiger partial charge is 0.218 e. The van der Waals surface area contributed by atoms with Crippen molar-refractivity contribution in [3.8, 4) is 10.7 Å². The molecule has 0 bridgehead atoms. The van der Waals surface area contributed by atoms with Gasteiger partial charge in [0.15, 0.2) is 10.2 Å². The third kappa shape index (κ3) is 2.49. The van der Waals surface area contributed by atoms with Gasteiger partial charge in [0, 0.05) is 6.42 Å². The number of hydrogen-bond donors (Lipinski definition) is 0. The Balaban J connectivity index is 2.25. The topological polar surface area (TPSA) is 51.6 Å². The molecule has 0 aliphatic heterocycles. The maximum Gasteiger partial charge on any atom is 0.164 e. The van der Waals surface area contributed by atoms with Gasteiger partial charge in [-0.3, -0.25) is 0 Å². The summed E-state index contributed by atoms with van der Waals surface area (Å²) in [6, 6.07) is 3.50. The van der Waals surface area contributed by atoms with E-state index in [1.807, 2.05) is 0 Å². The predicted molar refractivity (Wildman–Crippen MR) is 59.9 cm³/mol. The molecule has 4 nitrogen and oxygen atoms in total. The molecule has 0 unspecified atom stereocenters. The first kappa shape index (κ1) is 10.4. The third-order valence-electron chi connectivity index (χ3n) is 1.79. The molecule has 2 aromatic rings. The van der Waals surface area contributed by atoms with Crippen molar-refractivity contribution in [1.29, 1.82) is 0 Å². The maximum atomic E-state index is 5.65. The minimum absolute atomic E-state index is 0.386. The first-order valence-electron chi connectivity index (χ1n) is 4.62. The molecule has 0 atom stereocenters. The molecule has 2 heterocycles. The Labute approximate surface area is 96.5 Å². The second-order valence-corrected chi connectivity index (χ2v) is 4.15. The fourth-order valence-electron chi connectivity index (χ4n) is 1.11. The number of aryl methyl sites for hydroxylation is 1. The molecule has 0 saturated carbocycles. The Morgan fingerprint density at radius 2 is 2.20 bits per heavy atom. The van der Waals surface area contributed by atoms with Gasteiger partial charge in [0.2, 0.25) is 0 Å². The highest BCUT2D eigenvalue weighted by Crippen LogP contribution is 2.19. The summed E-state index contributed by atoms with van der Waals surface area (Å²) >= 11 is 6.99. The second kappa shape index (κ2) is 4.63. The Kier molecular flexibility index (Phi) is 3.23. The lowest BCUT2D eigenvalue weighted by molar-refractivity contribution is 0.861. The highest BCUT2D eigenvalue weighted by molar-refractivity contribution is 7.09. The lowest BCUT2D eigenvalue weighted by Gasteiger charge is -1.92. The van der Waals surface area contributed by atoms with Gasteiger partial charge in [-0.1, -0.05) is 18.5 Å². The van der Waals surface area contributed by atoms with Crippen LogP contribution in [0.5, 0.6) is 0 Å². The zero-order valence-electron chi connectivity index (χ0n) is 8.14. The van der Waals surface area contributed by atoms with E-state index in [9.17, 15) is 0 Å². The van der Waals surface area contributed by atoms with Crippen LogP contribution in [0, 0.1) is 0 Å². The molecular weight excluding hydrogens is 232 g/mol. The van der Waals surface area contributed by atoms with E-state index >= 15 is 0 Å². The van der Waals surface area contributed by atoms with E-state index in [4.69, 9.17) is 11.6 Å². The normalized spacial score (nSPS) is 10.5. The van der Waals surface area contributed by atoms with E-state index in [0.29, 0.717) is 5.15 Å². The summed E-state index contributed by atoms with van der Waals surface area (Å²) in [6.07, 6.45) is 1.94. The van der Waals surface area contributed by atoms with Crippen LogP contribution < -0.4 is 0 Å². The van der Waals surface area contributed by atoms with Crippen molar-refractivity contribution < 1.29 is 0 Å². The van der Waals surface area contributed by atoms with Crippen molar-refractivity contribution in [1.82, 2.24) is 19.6 Å². The Hall–Kier alpha value is -1.07. The predicted octanol–water partition coefficient (Wildman–Crippen LogP) is 2.60. The van der Waals surface area contributed by atoms with Gasteiger partial charge in [0.1, 0.15) is 11.5 Å². The third-order valence-corrected chi connectivity index (χ3v) is 2.77. The number of nitrogens with zero attached hydrogens (tertiary/aromatic N) is 4. The van der Waals surface area contributed by atoms with Crippen LogP contribution in [0.25, 0.3) is 10.7 Å². The van der Waals surface area contributed by atoms with E-state index in [-0.39, 0.29) is 0 Å². The van der Waals surface area contributed by atoms with Gasteiger partial charge in [0.05, 0.1) is 0 Å². The Bertz CT molecular complexity index is 440. The number of aromatic nitrogens is 4. The average Bonchev–Trinajstić information content (AvgIpc) is 2.68. The van der Waals surface area contributed by atoms with E-state index in [1.54, 1.807) is 12.1 Å². The SMILES string of the molecule is CCCc1nsc(-c2ccc(Cl)nn2)n1. The summed E-state index contributed by atoms with van der Waals surface area (Å²) in [7, 11) is 0. The molecule has 0 aromatic carbocycles. The number of halogens is 1. The molecule has 0 amide bonds. The van der Waals surface area contributed by atoms with Gasteiger partial charge in [-0.15, -0.1) is 10.2 Å². The van der Waals surface area contributed by atoms with Crippen molar-refractivity contribution in [3.63, 3.8) is 0 Å². The standard InChI is InChI=1S/C9H9ClN4S/c1-2-3-8-11-9(15-14-8)6-4-5-7(10)13-12-6/h4-5H,2-3H2,1H3. The summed E-state index contributed by atoms with van der Waals surface area (Å²) in [4.78, 5) is 4.36. The Morgan fingerprint density at radius 1 is 1.33 bits per heavy atom. The molecule has 0 aliphatic carbocycles. The summed E-state index contributed by atoms with van der Waals surface area (Å²) in [5.74, 6) is 0.870. The fraction of sp³-hybridized carbons (Fsp3) is 0.333. The molecule has 0 saturated heterocycles. The smallest absolute Gasteiger partial charge is 0.164 e. The van der Waals surface area contributed by atoms with Crippen molar-refractivity contribution in [2.45, 2.75) is 19.8 Å². The summed E-state index contributed by atoms with van der Waals surface area (Å²) in [5, 5.41) is 8.89. The van der Waals surface area contributed by atoms with Crippen LogP contribution >= 0.6 is 23.1 Å². The molecule has 0 fully saturated rings. The van der Waals surface area contributed by atoms with Crippen molar-refractivity contribution in [3.05, 3.63) is 23.1 Å². The maximum absolute atomic E-state index is 5.65. The van der Waals surface area contributed by atoms with Gasteiger partial charge in [-0.2, -0.15) is 4.37 Å². The molecule has 2 aromatic heterocycles. The quantitative estimate of drug-likeness (QED) is 0.828. The summed E-state index contributed by atoms with van der Waals surface area (Å²) < 4.78 is 4.23. The van der Waals surface area contributed by atoms with E-state index in [1.165, 1.54) is 11.5 Å². The average molecular weight is 241 g/mol. The first-order chi connectivity index (χ1) is 7.29. The van der Waals surface area contributed by atoms with E-state index in [0.717, 1.165) is 29.4 Å². The lowest BCUT2D eigenvalue weighted by atomic mass is 10.3. The monoisotopic (exact) mass is 240 g/mol. The van der Waals surface area contributed by atoms with Gasteiger partial charge in [0.25, 0.3) is 0 Å². The van der Waals surface area contributed by atoms with Crippen molar-refractivity contribution in [2.24, 2.45) is 0 Å². The number of hydrogen-bond acceptors (Lipinski definition) is 5. The molecular formula is C9H9ClN4S. The van der Waals surface area contributed by atoms with E-state index < -0.39 is 0 Å². The molecule has 0 N–H and O–H groups in total. The first-order valence-corrected chi connectivity index (χ1v) is 5.77. The lowest BCUT2D eigenvalue weighted by Crippen LogP contribution is -1.88. The zero-order chi connectivity index (χ0) is 10.7. The molecule has 15 heavy (non-hydrogen) atoms. The second-order valence-electron chi connectivity index (χ2n) is 3.01. The molecule has 78 valence electrons. The van der Waals surface area contributed by atoms with E-state index in [2.05, 4.69) is 26.5 Å². The molecule has 2 rings (SSSR count). The van der Waals surface area contributed by atoms with Crippen LogP contribution in [0.15, 0.2) is 12.1 Å². The van der Waals surface area contributed by atoms with Gasteiger partial charge in [-0.25, -0.2) is 4.98 Å². The van der Waals surface area contributed by atoms with Crippen molar-refractivity contribution >= 4 is 23.1 Å². The molecule has 0 aliphatic rings. The molecule has 6 heteroatoms. The molecule has 0 radical (unpaired) electrons. The van der Waals surface area contributed by atoms with Crippen LogP contribution in [0.2, 0.25) is 5.15 Å². The summed E-state index contributed by atoms with van der Waals surface area (Å²) in [5.41, 5.74) is 0.722. The fourth-order valence-corrected chi connectivity index (χ4v) is 1.89. The highest BCUT2D eigenvalue weighted by atomic mass is 35.5. The highest BCUT2D eigenvalue weighted by Gasteiger charge is 2.07. The minimum atomic E-state index is 0.386. The van der Waals surface area contributed by atoms with Crippen LogP contribution in [-0.2, 0) is 6.42 Å². The van der Waals surface area contributed by atoms with Crippen molar-refractivity contribution in [2.75, 3.05) is 0 Å². The van der Waals surface area contributed by atoms with Crippen LogP contribution in [-0.4, -0.2) is 19.6 Å². The van der Waals surface area contributed by atoms with Crippen LogP contribution in [0.4, 0.5) is 0 Å². The number of rotatable bonds is 3. The van der Waals surface area contributed by atoms with Crippen LogP contribution in [0.1, 0.15) is 19.2 Å². The van der Waals surface area contributed by atoms with Gasteiger partial charge < -0.3 is 0 Å². The Morgan fingerprint density at radius 3 is 2.87 bits per heavy atom. The van der Waals surface area contributed by atoms with Gasteiger partial charge in [-0.05, 0) is 30.1 Å². The zero-order valence-corrected chi connectivity index (χ0v) is 9.72. The van der Waals surface area contributed by atoms with Crippen LogP contribution in [0.3, 0.4) is 0 Å². The minimum Gasteiger partial charge on any atom is -0.218 e. The van der Waals surface area contributed by atoms with Gasteiger partial charge >= 0.3 is 0 Å². The molecule has 0 spiro atoms.